The number of aliphatic imine (C=N–C) groups is 1. The highest BCUT2D eigenvalue weighted by atomic mass is 19.1. The molecular formula is C20H25F2N5. The Kier molecular flexibility index (Phi) is 6.21. The van der Waals surface area contributed by atoms with Crippen LogP contribution in [0.25, 0.3) is 0 Å². The van der Waals surface area contributed by atoms with Crippen LogP contribution in [0.15, 0.2) is 41.5 Å². The maximum absolute atomic E-state index is 14.0. The summed E-state index contributed by atoms with van der Waals surface area (Å²) < 4.78 is 28.0. The number of anilines is 1. The van der Waals surface area contributed by atoms with Crippen molar-refractivity contribution in [3.63, 3.8) is 0 Å². The van der Waals surface area contributed by atoms with Gasteiger partial charge in [0.25, 0.3) is 0 Å². The van der Waals surface area contributed by atoms with Crippen molar-refractivity contribution in [2.24, 2.45) is 4.99 Å². The van der Waals surface area contributed by atoms with Crippen LogP contribution in [0.2, 0.25) is 0 Å². The van der Waals surface area contributed by atoms with E-state index in [9.17, 15) is 8.78 Å². The van der Waals surface area contributed by atoms with Crippen LogP contribution in [-0.4, -0.2) is 36.6 Å². The second-order valence-corrected chi connectivity index (χ2v) is 6.61. The van der Waals surface area contributed by atoms with Crippen LogP contribution < -0.4 is 15.5 Å². The predicted molar refractivity (Wildman–Crippen MR) is 104 cm³/mol. The standard InChI is InChI=1S/C20H25F2N5/c1-3-23-20(25-12-18-14(2)6-5-10-24-18)26-15-9-11-27(13-15)19-16(21)7-4-8-17(19)22/h4-8,10,15H,3,9,11-13H2,1-2H3,(H2,23,25,26). The van der Waals surface area contributed by atoms with E-state index in [0.29, 0.717) is 25.6 Å². The number of nitrogens with one attached hydrogen (secondary N) is 2. The molecule has 7 heteroatoms. The molecule has 2 heterocycles. The van der Waals surface area contributed by atoms with Gasteiger partial charge >= 0.3 is 0 Å². The quantitative estimate of drug-likeness (QED) is 0.625. The SMILES string of the molecule is CCNC(=NCc1ncccc1C)NC1CCN(c2c(F)cccc2F)C1. The highest BCUT2D eigenvalue weighted by Crippen LogP contribution is 2.26. The zero-order valence-electron chi connectivity index (χ0n) is 15.7. The minimum absolute atomic E-state index is 0.0489. The Morgan fingerprint density at radius 2 is 2.04 bits per heavy atom. The summed E-state index contributed by atoms with van der Waals surface area (Å²) in [6.07, 6.45) is 2.54. The summed E-state index contributed by atoms with van der Waals surface area (Å²) in [5.74, 6) is -0.368. The van der Waals surface area contributed by atoms with Crippen molar-refractivity contribution in [2.75, 3.05) is 24.5 Å². The van der Waals surface area contributed by atoms with Gasteiger partial charge in [0.15, 0.2) is 5.96 Å². The topological polar surface area (TPSA) is 52.6 Å². The van der Waals surface area contributed by atoms with Crippen LogP contribution >= 0.6 is 0 Å². The van der Waals surface area contributed by atoms with Gasteiger partial charge in [-0.1, -0.05) is 12.1 Å². The van der Waals surface area contributed by atoms with Gasteiger partial charge < -0.3 is 15.5 Å². The molecule has 0 bridgehead atoms. The summed E-state index contributed by atoms with van der Waals surface area (Å²) in [5, 5.41) is 6.59. The van der Waals surface area contributed by atoms with Gasteiger partial charge in [-0.2, -0.15) is 0 Å². The van der Waals surface area contributed by atoms with Gasteiger partial charge in [0, 0.05) is 31.9 Å². The van der Waals surface area contributed by atoms with Crippen LogP contribution in [0, 0.1) is 18.6 Å². The molecule has 1 aromatic carbocycles. The Hall–Kier alpha value is -2.70. The number of para-hydroxylation sites is 1. The molecule has 1 unspecified atom stereocenters. The first-order valence-corrected chi connectivity index (χ1v) is 9.22. The number of benzene rings is 1. The van der Waals surface area contributed by atoms with Gasteiger partial charge in [-0.25, -0.2) is 13.8 Å². The highest BCUT2D eigenvalue weighted by molar-refractivity contribution is 5.80. The third-order valence-corrected chi connectivity index (χ3v) is 4.63. The first-order valence-electron chi connectivity index (χ1n) is 9.22. The fraction of sp³-hybridized carbons (Fsp3) is 0.400. The lowest BCUT2D eigenvalue weighted by molar-refractivity contribution is 0.576. The number of pyridine rings is 1. The van der Waals surface area contributed by atoms with Crippen molar-refractivity contribution in [1.29, 1.82) is 0 Å². The summed E-state index contributed by atoms with van der Waals surface area (Å²) in [6, 6.07) is 7.94. The fourth-order valence-corrected chi connectivity index (χ4v) is 3.22. The van der Waals surface area contributed by atoms with Crippen molar-refractivity contribution in [2.45, 2.75) is 32.9 Å². The molecule has 0 aliphatic carbocycles. The van der Waals surface area contributed by atoms with E-state index in [0.717, 1.165) is 24.2 Å². The average Bonchev–Trinajstić information content (AvgIpc) is 3.09. The van der Waals surface area contributed by atoms with E-state index in [1.165, 1.54) is 18.2 Å². The number of halogens is 2. The van der Waals surface area contributed by atoms with E-state index in [2.05, 4.69) is 20.6 Å². The van der Waals surface area contributed by atoms with Crippen LogP contribution in [0.4, 0.5) is 14.5 Å². The summed E-state index contributed by atoms with van der Waals surface area (Å²) in [6.45, 7) is 6.32. The van der Waals surface area contributed by atoms with Crippen LogP contribution in [0.3, 0.4) is 0 Å². The summed E-state index contributed by atoms with van der Waals surface area (Å²) in [7, 11) is 0. The van der Waals surface area contributed by atoms with Crippen LogP contribution in [0.5, 0.6) is 0 Å². The number of rotatable bonds is 5. The molecular weight excluding hydrogens is 348 g/mol. The second kappa shape index (κ2) is 8.79. The molecule has 2 aromatic rings. The number of hydrogen-bond donors (Lipinski definition) is 2. The molecule has 1 atom stereocenters. The van der Waals surface area contributed by atoms with Gasteiger partial charge in [-0.05, 0) is 44.0 Å². The Morgan fingerprint density at radius 1 is 1.26 bits per heavy atom. The van der Waals surface area contributed by atoms with Gasteiger partial charge in [0.1, 0.15) is 17.3 Å². The molecule has 1 fully saturated rings. The van der Waals surface area contributed by atoms with Crippen LogP contribution in [-0.2, 0) is 6.54 Å². The Bertz CT molecular complexity index is 788. The van der Waals surface area contributed by atoms with Gasteiger partial charge in [0.05, 0.1) is 12.2 Å². The lowest BCUT2D eigenvalue weighted by Crippen LogP contribution is -2.44. The molecule has 1 aliphatic rings. The van der Waals surface area contributed by atoms with E-state index in [4.69, 9.17) is 0 Å². The number of nitrogens with zero attached hydrogens (tertiary/aromatic N) is 3. The lowest BCUT2D eigenvalue weighted by atomic mass is 10.2. The first-order chi connectivity index (χ1) is 13.1. The van der Waals surface area contributed by atoms with Crippen molar-refractivity contribution in [3.8, 4) is 0 Å². The minimum Gasteiger partial charge on any atom is -0.365 e. The molecule has 0 amide bonds. The summed E-state index contributed by atoms with van der Waals surface area (Å²) >= 11 is 0. The largest absolute Gasteiger partial charge is 0.365 e. The molecule has 2 N–H and O–H groups in total. The third kappa shape index (κ3) is 4.72. The molecule has 144 valence electrons. The molecule has 3 rings (SSSR count). The van der Waals surface area contributed by atoms with E-state index in [-0.39, 0.29) is 11.7 Å². The minimum atomic E-state index is -0.526. The van der Waals surface area contributed by atoms with Crippen molar-refractivity contribution < 1.29 is 8.78 Å². The van der Waals surface area contributed by atoms with Crippen molar-refractivity contribution in [3.05, 3.63) is 59.4 Å². The van der Waals surface area contributed by atoms with E-state index >= 15 is 0 Å². The van der Waals surface area contributed by atoms with E-state index in [1.807, 2.05) is 26.0 Å². The Morgan fingerprint density at radius 3 is 2.74 bits per heavy atom. The maximum Gasteiger partial charge on any atom is 0.191 e. The van der Waals surface area contributed by atoms with Gasteiger partial charge in [-0.3, -0.25) is 4.98 Å². The monoisotopic (exact) mass is 373 g/mol. The molecule has 1 saturated heterocycles. The fourth-order valence-electron chi connectivity index (χ4n) is 3.22. The molecule has 27 heavy (non-hydrogen) atoms. The predicted octanol–water partition coefficient (Wildman–Crippen LogP) is 3.00. The normalized spacial score (nSPS) is 17.3. The smallest absolute Gasteiger partial charge is 0.191 e. The molecule has 1 aliphatic heterocycles. The summed E-state index contributed by atoms with van der Waals surface area (Å²) in [5.41, 5.74) is 2.07. The van der Waals surface area contributed by atoms with Gasteiger partial charge in [-0.15, -0.1) is 0 Å². The molecule has 0 spiro atoms. The first kappa shape index (κ1) is 19.1. The zero-order chi connectivity index (χ0) is 19.2. The molecule has 0 saturated carbocycles. The van der Waals surface area contributed by atoms with E-state index < -0.39 is 11.6 Å². The highest BCUT2D eigenvalue weighted by Gasteiger charge is 2.27. The van der Waals surface area contributed by atoms with E-state index in [1.54, 1.807) is 11.1 Å². The Labute approximate surface area is 158 Å². The second-order valence-electron chi connectivity index (χ2n) is 6.61. The average molecular weight is 373 g/mol. The molecule has 5 nitrogen and oxygen atoms in total. The van der Waals surface area contributed by atoms with Gasteiger partial charge in [0.2, 0.25) is 0 Å². The third-order valence-electron chi connectivity index (χ3n) is 4.63. The zero-order valence-corrected chi connectivity index (χ0v) is 15.7. The molecule has 1 aromatic heterocycles. The maximum atomic E-state index is 14.0. The lowest BCUT2D eigenvalue weighted by Gasteiger charge is -2.21. The number of guanidine groups is 1. The number of aryl methyl sites for hydroxylation is 1. The number of aromatic nitrogens is 1. The van der Waals surface area contributed by atoms with Crippen molar-refractivity contribution >= 4 is 11.6 Å². The van der Waals surface area contributed by atoms with Crippen molar-refractivity contribution in [1.82, 2.24) is 15.6 Å². The van der Waals surface area contributed by atoms with Crippen LogP contribution in [0.1, 0.15) is 24.6 Å². The number of hydrogen-bond acceptors (Lipinski definition) is 3. The summed E-state index contributed by atoms with van der Waals surface area (Å²) in [4.78, 5) is 10.7. The Balaban J connectivity index is 1.65. The molecule has 0 radical (unpaired) electrons.